The fraction of sp³-hybridized carbons (Fsp3) is 0.154. The monoisotopic (exact) mass is 502 g/mol. The molecule has 0 radical (unpaired) electrons. The predicted octanol–water partition coefficient (Wildman–Crippen LogP) is 7.60. The number of hydrogen-bond acceptors (Lipinski definition) is 5. The lowest BCUT2D eigenvalue weighted by Crippen LogP contribution is -2.16. The van der Waals surface area contributed by atoms with Crippen LogP contribution in [0.25, 0.3) is 11.0 Å². The highest BCUT2D eigenvalue weighted by atomic mass is 35.5. The second kappa shape index (κ2) is 9.46. The summed E-state index contributed by atoms with van der Waals surface area (Å²) in [6.07, 6.45) is -5.02. The van der Waals surface area contributed by atoms with Gasteiger partial charge in [0.1, 0.15) is 17.1 Å². The van der Waals surface area contributed by atoms with E-state index in [1.807, 2.05) is 13.8 Å². The van der Waals surface area contributed by atoms with Crippen LogP contribution < -0.4 is 14.9 Å². The highest BCUT2D eigenvalue weighted by Gasteiger charge is 2.40. The van der Waals surface area contributed by atoms with E-state index in [2.05, 4.69) is 0 Å². The van der Waals surface area contributed by atoms with E-state index in [-0.39, 0.29) is 28.4 Å². The van der Waals surface area contributed by atoms with Crippen molar-refractivity contribution >= 4 is 28.5 Å². The van der Waals surface area contributed by atoms with Crippen molar-refractivity contribution in [3.05, 3.63) is 98.9 Å². The molecule has 5 nitrogen and oxygen atoms in total. The molecule has 0 amide bonds. The fourth-order valence-electron chi connectivity index (χ4n) is 3.44. The molecule has 180 valence electrons. The van der Waals surface area contributed by atoms with Gasteiger partial charge in [0.05, 0.1) is 10.9 Å². The Morgan fingerprint density at radius 2 is 1.74 bits per heavy atom. The van der Waals surface area contributed by atoms with Crippen molar-refractivity contribution in [3.8, 4) is 17.2 Å². The van der Waals surface area contributed by atoms with E-state index >= 15 is 0 Å². The number of ether oxygens (including phenoxy) is 2. The minimum Gasteiger partial charge on any atom is -0.449 e. The number of para-hydroxylation sites is 1. The molecule has 3 aromatic carbocycles. The molecule has 0 aliphatic heterocycles. The summed E-state index contributed by atoms with van der Waals surface area (Å²) in [5.41, 5.74) is -0.654. The van der Waals surface area contributed by atoms with Crippen molar-refractivity contribution in [1.29, 1.82) is 0 Å². The average Bonchev–Trinajstić information content (AvgIpc) is 2.80. The zero-order chi connectivity index (χ0) is 25.3. The van der Waals surface area contributed by atoms with Crippen molar-refractivity contribution < 1.29 is 31.9 Å². The molecule has 4 aromatic rings. The van der Waals surface area contributed by atoms with E-state index in [9.17, 15) is 22.8 Å². The molecule has 0 atom stereocenters. The lowest BCUT2D eigenvalue weighted by Gasteiger charge is -2.16. The minimum absolute atomic E-state index is 0.0650. The van der Waals surface area contributed by atoms with Gasteiger partial charge in [0.2, 0.25) is 11.2 Å². The third-order valence-electron chi connectivity index (χ3n) is 5.10. The molecule has 0 spiro atoms. The Balaban J connectivity index is 1.78. The molecule has 35 heavy (non-hydrogen) atoms. The Morgan fingerprint density at radius 1 is 1.00 bits per heavy atom. The number of esters is 1. The summed E-state index contributed by atoms with van der Waals surface area (Å²) in [5, 5.41) is 0.142. The van der Waals surface area contributed by atoms with Crippen LogP contribution in [-0.2, 0) is 6.18 Å². The van der Waals surface area contributed by atoms with Gasteiger partial charge >= 0.3 is 12.1 Å². The Labute approximate surface area is 202 Å². The van der Waals surface area contributed by atoms with Crippen LogP contribution in [-0.4, -0.2) is 5.97 Å². The number of rotatable bonds is 5. The van der Waals surface area contributed by atoms with Crippen molar-refractivity contribution in [3.63, 3.8) is 0 Å². The van der Waals surface area contributed by atoms with Crippen LogP contribution in [0, 0.1) is 0 Å². The zero-order valence-corrected chi connectivity index (χ0v) is 19.2. The van der Waals surface area contributed by atoms with Crippen LogP contribution in [0.15, 0.2) is 75.9 Å². The number of carbonyl (C=O) groups excluding carboxylic acids is 1. The van der Waals surface area contributed by atoms with Gasteiger partial charge in [-0.05, 0) is 47.9 Å². The lowest BCUT2D eigenvalue weighted by atomic mass is 10.0. The molecule has 0 saturated carbocycles. The SMILES string of the molecule is CC(C)c1ccccc1Oc1c(C(F)(F)F)oc2cc(OC(=O)c3cccc(Cl)c3)ccc2c1=O. The van der Waals surface area contributed by atoms with E-state index in [1.54, 1.807) is 30.3 Å². The van der Waals surface area contributed by atoms with Gasteiger partial charge in [-0.1, -0.05) is 49.7 Å². The van der Waals surface area contributed by atoms with Crippen molar-refractivity contribution in [2.24, 2.45) is 0 Å². The van der Waals surface area contributed by atoms with Gasteiger partial charge in [-0.3, -0.25) is 4.79 Å². The van der Waals surface area contributed by atoms with Gasteiger partial charge in [0.25, 0.3) is 5.76 Å². The quantitative estimate of drug-likeness (QED) is 0.208. The summed E-state index contributed by atoms with van der Waals surface area (Å²) in [6, 6.07) is 16.0. The maximum Gasteiger partial charge on any atom is 0.453 e. The predicted molar refractivity (Wildman–Crippen MR) is 125 cm³/mol. The molecule has 0 aliphatic rings. The van der Waals surface area contributed by atoms with Crippen molar-refractivity contribution in [1.82, 2.24) is 0 Å². The van der Waals surface area contributed by atoms with Gasteiger partial charge in [0, 0.05) is 11.1 Å². The first kappa shape index (κ1) is 24.3. The summed E-state index contributed by atoms with van der Waals surface area (Å²) in [4.78, 5) is 25.4. The largest absolute Gasteiger partial charge is 0.453 e. The molecule has 9 heteroatoms. The van der Waals surface area contributed by atoms with Crippen molar-refractivity contribution in [2.75, 3.05) is 0 Å². The molecule has 0 unspecified atom stereocenters. The Hall–Kier alpha value is -3.78. The second-order valence-electron chi connectivity index (χ2n) is 7.94. The Morgan fingerprint density at radius 3 is 2.43 bits per heavy atom. The Bertz CT molecular complexity index is 1470. The first-order valence-corrected chi connectivity index (χ1v) is 10.8. The van der Waals surface area contributed by atoms with Gasteiger partial charge in [-0.2, -0.15) is 13.2 Å². The highest BCUT2D eigenvalue weighted by Crippen LogP contribution is 2.40. The van der Waals surface area contributed by atoms with E-state index in [4.69, 9.17) is 25.5 Å². The molecule has 0 bridgehead atoms. The van der Waals surface area contributed by atoms with Crippen LogP contribution >= 0.6 is 11.6 Å². The smallest absolute Gasteiger partial charge is 0.449 e. The summed E-state index contributed by atoms with van der Waals surface area (Å²) >= 11 is 5.87. The van der Waals surface area contributed by atoms with Crippen LogP contribution in [0.4, 0.5) is 13.2 Å². The third kappa shape index (κ3) is 5.17. The zero-order valence-electron chi connectivity index (χ0n) is 18.5. The summed E-state index contributed by atoms with van der Waals surface area (Å²) in [7, 11) is 0. The van der Waals surface area contributed by atoms with Crippen LogP contribution in [0.3, 0.4) is 0 Å². The maximum atomic E-state index is 13.9. The van der Waals surface area contributed by atoms with Crippen LogP contribution in [0.1, 0.15) is 41.4 Å². The summed E-state index contributed by atoms with van der Waals surface area (Å²) in [5.74, 6) is -3.40. The molecule has 4 rings (SSSR count). The topological polar surface area (TPSA) is 65.7 Å². The number of hydrogen-bond donors (Lipinski definition) is 0. The van der Waals surface area contributed by atoms with E-state index in [1.165, 1.54) is 30.3 Å². The van der Waals surface area contributed by atoms with E-state index < -0.39 is 34.7 Å². The van der Waals surface area contributed by atoms with Crippen LogP contribution in [0.2, 0.25) is 5.02 Å². The number of alkyl halides is 3. The fourth-order valence-corrected chi connectivity index (χ4v) is 3.63. The normalized spacial score (nSPS) is 11.6. The number of halogens is 4. The van der Waals surface area contributed by atoms with Crippen molar-refractivity contribution in [2.45, 2.75) is 25.9 Å². The first-order chi connectivity index (χ1) is 16.5. The first-order valence-electron chi connectivity index (χ1n) is 10.5. The lowest BCUT2D eigenvalue weighted by molar-refractivity contribution is -0.154. The molecule has 1 heterocycles. The van der Waals surface area contributed by atoms with E-state index in [0.717, 1.165) is 6.07 Å². The second-order valence-corrected chi connectivity index (χ2v) is 8.38. The summed E-state index contributed by atoms with van der Waals surface area (Å²) in [6.45, 7) is 3.70. The maximum absolute atomic E-state index is 13.9. The third-order valence-corrected chi connectivity index (χ3v) is 5.34. The molecule has 0 saturated heterocycles. The molecule has 0 fully saturated rings. The van der Waals surface area contributed by atoms with E-state index in [0.29, 0.717) is 10.6 Å². The molecule has 0 aliphatic carbocycles. The number of carbonyl (C=O) groups is 1. The molecular formula is C26H18ClF3O5. The highest BCUT2D eigenvalue weighted by molar-refractivity contribution is 6.30. The minimum atomic E-state index is -5.02. The standard InChI is InChI=1S/C26H18ClF3O5/c1-14(2)18-8-3-4-9-20(18)34-23-22(31)19-11-10-17(13-21(19)35-24(23)26(28,29)30)33-25(32)15-6-5-7-16(27)12-15/h3-14H,1-2H3. The molecule has 1 aromatic heterocycles. The number of fused-ring (bicyclic) bond motifs is 1. The van der Waals surface area contributed by atoms with Crippen LogP contribution in [0.5, 0.6) is 17.2 Å². The molecule has 0 N–H and O–H groups in total. The Kier molecular flexibility index (Phi) is 6.58. The number of benzene rings is 3. The van der Waals surface area contributed by atoms with Gasteiger partial charge < -0.3 is 13.9 Å². The average molecular weight is 503 g/mol. The van der Waals surface area contributed by atoms with Gasteiger partial charge in [-0.25, -0.2) is 4.79 Å². The summed E-state index contributed by atoms with van der Waals surface area (Å²) < 4.78 is 57.5. The molecular weight excluding hydrogens is 485 g/mol. The van der Waals surface area contributed by atoms with Gasteiger partial charge in [0.15, 0.2) is 0 Å². The van der Waals surface area contributed by atoms with Gasteiger partial charge in [-0.15, -0.1) is 0 Å².